The maximum atomic E-state index is 13.3. The fourth-order valence-electron chi connectivity index (χ4n) is 1.29. The Kier molecular flexibility index (Phi) is 4.86. The average molecular weight is 295 g/mol. The number of primary sulfonamides is 1. The Morgan fingerprint density at radius 1 is 1.32 bits per heavy atom. The Bertz CT molecular complexity index is 591. The standard InChI is InChI=1S/C9H11F2N3O4S/c10-7-4-8(11)9(14(15)16)3-6(7)5-13-1-2-19(12,17)18/h3-4,13H,1-2,5H2,(H2,12,17,18). The molecule has 1 rings (SSSR count). The summed E-state index contributed by atoms with van der Waals surface area (Å²) in [5, 5.41) is 17.8. The van der Waals surface area contributed by atoms with Gasteiger partial charge in [0.25, 0.3) is 0 Å². The summed E-state index contributed by atoms with van der Waals surface area (Å²) in [5.41, 5.74) is -0.979. The van der Waals surface area contributed by atoms with Gasteiger partial charge in [-0.2, -0.15) is 4.39 Å². The highest BCUT2D eigenvalue weighted by Gasteiger charge is 2.18. The zero-order chi connectivity index (χ0) is 14.6. The van der Waals surface area contributed by atoms with Gasteiger partial charge in [0.05, 0.1) is 10.7 Å². The highest BCUT2D eigenvalue weighted by atomic mass is 32.2. The molecule has 0 radical (unpaired) electrons. The van der Waals surface area contributed by atoms with Crippen molar-refractivity contribution in [1.29, 1.82) is 0 Å². The number of rotatable bonds is 6. The molecule has 10 heteroatoms. The molecular formula is C9H11F2N3O4S. The molecule has 0 fully saturated rings. The van der Waals surface area contributed by atoms with Crippen molar-refractivity contribution in [1.82, 2.24) is 5.32 Å². The molecule has 3 N–H and O–H groups in total. The normalized spacial score (nSPS) is 11.5. The van der Waals surface area contributed by atoms with Gasteiger partial charge in [-0.1, -0.05) is 0 Å². The second-order valence-corrected chi connectivity index (χ2v) is 5.43. The Morgan fingerprint density at radius 2 is 1.95 bits per heavy atom. The van der Waals surface area contributed by atoms with E-state index in [0.29, 0.717) is 6.07 Å². The zero-order valence-corrected chi connectivity index (χ0v) is 10.4. The minimum Gasteiger partial charge on any atom is -0.311 e. The predicted octanol–water partition coefficient (Wildman–Crippen LogP) is 0.251. The van der Waals surface area contributed by atoms with E-state index in [1.807, 2.05) is 0 Å². The van der Waals surface area contributed by atoms with Crippen LogP contribution in [0.1, 0.15) is 5.56 Å². The highest BCUT2D eigenvalue weighted by molar-refractivity contribution is 7.89. The van der Waals surface area contributed by atoms with Crippen LogP contribution in [0.3, 0.4) is 0 Å². The van der Waals surface area contributed by atoms with Gasteiger partial charge in [0.15, 0.2) is 0 Å². The van der Waals surface area contributed by atoms with Crippen molar-refractivity contribution in [3.8, 4) is 0 Å². The van der Waals surface area contributed by atoms with Gasteiger partial charge in [-0.25, -0.2) is 17.9 Å². The van der Waals surface area contributed by atoms with Crippen LogP contribution in [-0.2, 0) is 16.6 Å². The molecule has 0 spiro atoms. The third kappa shape index (κ3) is 4.85. The number of hydrogen-bond donors (Lipinski definition) is 2. The van der Waals surface area contributed by atoms with Gasteiger partial charge in [0.2, 0.25) is 15.8 Å². The summed E-state index contributed by atoms with van der Waals surface area (Å²) in [4.78, 5) is 9.50. The molecule has 1 aromatic rings. The first kappa shape index (κ1) is 15.4. The molecule has 0 aliphatic heterocycles. The molecule has 0 aromatic heterocycles. The highest BCUT2D eigenvalue weighted by Crippen LogP contribution is 2.21. The molecule has 0 amide bonds. The number of nitrogens with zero attached hydrogens (tertiary/aromatic N) is 1. The van der Waals surface area contributed by atoms with Crippen molar-refractivity contribution in [3.63, 3.8) is 0 Å². The monoisotopic (exact) mass is 295 g/mol. The number of halogens is 2. The second-order valence-electron chi connectivity index (χ2n) is 3.70. The van der Waals surface area contributed by atoms with Crippen molar-refractivity contribution in [2.45, 2.75) is 6.54 Å². The summed E-state index contributed by atoms with van der Waals surface area (Å²) in [7, 11) is -3.64. The summed E-state index contributed by atoms with van der Waals surface area (Å²) < 4.78 is 47.6. The molecule has 1 aromatic carbocycles. The van der Waals surface area contributed by atoms with E-state index in [0.717, 1.165) is 6.07 Å². The fourth-order valence-corrected chi connectivity index (χ4v) is 1.72. The van der Waals surface area contributed by atoms with Gasteiger partial charge in [0, 0.05) is 30.8 Å². The van der Waals surface area contributed by atoms with Crippen molar-refractivity contribution >= 4 is 15.7 Å². The maximum absolute atomic E-state index is 13.3. The van der Waals surface area contributed by atoms with Crippen LogP contribution in [0.5, 0.6) is 0 Å². The van der Waals surface area contributed by atoms with E-state index in [1.165, 1.54) is 0 Å². The van der Waals surface area contributed by atoms with E-state index in [2.05, 4.69) is 5.32 Å². The number of nitro benzene ring substituents is 1. The second kappa shape index (κ2) is 5.99. The molecule has 19 heavy (non-hydrogen) atoms. The van der Waals surface area contributed by atoms with E-state index in [1.54, 1.807) is 0 Å². The van der Waals surface area contributed by atoms with Crippen LogP contribution in [-0.4, -0.2) is 25.6 Å². The lowest BCUT2D eigenvalue weighted by Gasteiger charge is -2.06. The molecule has 0 bridgehead atoms. The Balaban J connectivity index is 2.73. The molecule has 0 saturated carbocycles. The van der Waals surface area contributed by atoms with Crippen LogP contribution >= 0.6 is 0 Å². The minimum absolute atomic E-state index is 0.0521. The van der Waals surface area contributed by atoms with Gasteiger partial charge < -0.3 is 5.32 Å². The van der Waals surface area contributed by atoms with Crippen LogP contribution in [0.4, 0.5) is 14.5 Å². The molecule has 106 valence electrons. The number of sulfonamides is 1. The Morgan fingerprint density at radius 3 is 2.47 bits per heavy atom. The SMILES string of the molecule is NS(=O)(=O)CCNCc1cc([N+](=O)[O-])c(F)cc1F. The van der Waals surface area contributed by atoms with Crippen LogP contribution < -0.4 is 10.5 Å². The van der Waals surface area contributed by atoms with Gasteiger partial charge >= 0.3 is 5.69 Å². The first-order chi connectivity index (χ1) is 8.70. The number of nitrogens with two attached hydrogens (primary N) is 1. The maximum Gasteiger partial charge on any atom is 0.305 e. The lowest BCUT2D eigenvalue weighted by molar-refractivity contribution is -0.387. The van der Waals surface area contributed by atoms with Crippen molar-refractivity contribution < 1.29 is 22.1 Å². The molecule has 0 saturated heterocycles. The fraction of sp³-hybridized carbons (Fsp3) is 0.333. The Hall–Kier alpha value is -1.65. The van der Waals surface area contributed by atoms with E-state index in [9.17, 15) is 27.3 Å². The quantitative estimate of drug-likeness (QED) is 0.443. The van der Waals surface area contributed by atoms with Crippen molar-refractivity contribution in [2.24, 2.45) is 5.14 Å². The zero-order valence-electron chi connectivity index (χ0n) is 9.60. The van der Waals surface area contributed by atoms with Gasteiger partial charge in [-0.15, -0.1) is 0 Å². The summed E-state index contributed by atoms with van der Waals surface area (Å²) in [6.45, 7) is -0.230. The summed E-state index contributed by atoms with van der Waals surface area (Å²) >= 11 is 0. The molecule has 7 nitrogen and oxygen atoms in total. The number of nitro groups is 1. The number of hydrogen-bond acceptors (Lipinski definition) is 5. The first-order valence-corrected chi connectivity index (χ1v) is 6.76. The summed E-state index contributed by atoms with van der Waals surface area (Å²) in [6, 6.07) is 1.17. The van der Waals surface area contributed by atoms with Crippen LogP contribution in [0, 0.1) is 21.7 Å². The van der Waals surface area contributed by atoms with Crippen molar-refractivity contribution in [2.75, 3.05) is 12.3 Å². The van der Waals surface area contributed by atoms with Crippen LogP contribution in [0.2, 0.25) is 0 Å². The Labute approximate surface area is 107 Å². The molecule has 0 aliphatic rings. The molecule has 0 unspecified atom stereocenters. The largest absolute Gasteiger partial charge is 0.311 e. The predicted molar refractivity (Wildman–Crippen MR) is 62.7 cm³/mol. The van der Waals surface area contributed by atoms with Gasteiger partial charge in [-0.05, 0) is 0 Å². The van der Waals surface area contributed by atoms with Crippen LogP contribution in [0.25, 0.3) is 0 Å². The van der Waals surface area contributed by atoms with Gasteiger partial charge in [-0.3, -0.25) is 10.1 Å². The molecule has 0 atom stereocenters. The van der Waals surface area contributed by atoms with E-state index < -0.39 is 32.3 Å². The topological polar surface area (TPSA) is 115 Å². The van der Waals surface area contributed by atoms with Gasteiger partial charge in [0.1, 0.15) is 5.82 Å². The lowest BCUT2D eigenvalue weighted by atomic mass is 10.2. The molecule has 0 heterocycles. The third-order valence-corrected chi connectivity index (χ3v) is 2.96. The molecule has 0 aliphatic carbocycles. The molecular weight excluding hydrogens is 284 g/mol. The number of nitrogens with one attached hydrogen (secondary N) is 1. The first-order valence-electron chi connectivity index (χ1n) is 5.04. The van der Waals surface area contributed by atoms with E-state index >= 15 is 0 Å². The van der Waals surface area contributed by atoms with Crippen molar-refractivity contribution in [3.05, 3.63) is 39.4 Å². The average Bonchev–Trinajstić information content (AvgIpc) is 2.24. The smallest absolute Gasteiger partial charge is 0.305 e. The van der Waals surface area contributed by atoms with Crippen LogP contribution in [0.15, 0.2) is 12.1 Å². The minimum atomic E-state index is -3.64. The number of benzene rings is 1. The lowest BCUT2D eigenvalue weighted by Crippen LogP contribution is -2.27. The van der Waals surface area contributed by atoms with E-state index in [-0.39, 0.29) is 24.4 Å². The summed E-state index contributed by atoms with van der Waals surface area (Å²) in [6.07, 6.45) is 0. The van der Waals surface area contributed by atoms with E-state index in [4.69, 9.17) is 5.14 Å². The summed E-state index contributed by atoms with van der Waals surface area (Å²) in [5.74, 6) is -2.58. The third-order valence-electron chi connectivity index (χ3n) is 2.19.